The van der Waals surface area contributed by atoms with E-state index < -0.39 is 0 Å². The molecule has 128 valence electrons. The number of carbonyl (C=O) groups is 1. The number of aryl methyl sites for hydroxylation is 1. The van der Waals surface area contributed by atoms with Crippen molar-refractivity contribution in [2.24, 2.45) is 0 Å². The van der Waals surface area contributed by atoms with Crippen LogP contribution < -0.4 is 14.8 Å². The predicted molar refractivity (Wildman–Crippen MR) is 88.8 cm³/mol. The van der Waals surface area contributed by atoms with Crippen molar-refractivity contribution in [3.8, 4) is 11.5 Å². The first-order valence-corrected chi connectivity index (χ1v) is 7.94. The van der Waals surface area contributed by atoms with Crippen molar-refractivity contribution in [2.75, 3.05) is 25.6 Å². The number of nitrogens with one attached hydrogen (secondary N) is 1. The van der Waals surface area contributed by atoms with Crippen LogP contribution in [0.25, 0.3) is 0 Å². The Morgan fingerprint density at radius 1 is 1.29 bits per heavy atom. The summed E-state index contributed by atoms with van der Waals surface area (Å²) < 4.78 is 16.2. The van der Waals surface area contributed by atoms with Crippen molar-refractivity contribution < 1.29 is 18.8 Å². The molecule has 0 bridgehead atoms. The van der Waals surface area contributed by atoms with Gasteiger partial charge in [-0.05, 0) is 6.92 Å². The number of nitrogens with zero attached hydrogens (tertiary/aromatic N) is 2. The van der Waals surface area contributed by atoms with Crippen molar-refractivity contribution in [1.29, 1.82) is 0 Å². The van der Waals surface area contributed by atoms with E-state index in [2.05, 4.69) is 10.5 Å². The molecule has 0 saturated carbocycles. The summed E-state index contributed by atoms with van der Waals surface area (Å²) in [7, 11) is 1.66. The number of urea groups is 1. The topological polar surface area (TPSA) is 76.8 Å². The van der Waals surface area contributed by atoms with Crippen molar-refractivity contribution >= 4 is 23.3 Å². The molecule has 7 nitrogen and oxygen atoms in total. The number of hydrogen-bond acceptors (Lipinski definition) is 5. The molecule has 1 aliphatic heterocycles. The zero-order valence-electron chi connectivity index (χ0n) is 13.5. The lowest BCUT2D eigenvalue weighted by atomic mass is 10.2. The highest BCUT2D eigenvalue weighted by atomic mass is 35.5. The maximum Gasteiger partial charge on any atom is 0.321 e. The Morgan fingerprint density at radius 2 is 2.00 bits per heavy atom. The van der Waals surface area contributed by atoms with Crippen LogP contribution in [0.4, 0.5) is 10.5 Å². The van der Waals surface area contributed by atoms with E-state index in [0.29, 0.717) is 53.4 Å². The van der Waals surface area contributed by atoms with Crippen LogP contribution in [0.5, 0.6) is 11.5 Å². The molecule has 1 N–H and O–H groups in total. The van der Waals surface area contributed by atoms with Gasteiger partial charge in [0.05, 0.1) is 30.5 Å². The number of halogens is 1. The molecule has 2 aromatic rings. The fraction of sp³-hybridized carbons (Fsp3) is 0.375. The molecule has 0 saturated heterocycles. The highest BCUT2D eigenvalue weighted by Gasteiger charge is 2.17. The number of amides is 2. The lowest BCUT2D eigenvalue weighted by Crippen LogP contribution is -2.31. The number of fused-ring (bicyclic) bond motifs is 1. The second-order valence-electron chi connectivity index (χ2n) is 5.54. The summed E-state index contributed by atoms with van der Waals surface area (Å²) in [6.45, 7) is 3.27. The molecule has 0 unspecified atom stereocenters. The van der Waals surface area contributed by atoms with Gasteiger partial charge in [-0.3, -0.25) is 0 Å². The first-order valence-electron chi connectivity index (χ1n) is 7.56. The molecule has 0 aliphatic carbocycles. The minimum atomic E-state index is -0.313. The second-order valence-corrected chi connectivity index (χ2v) is 5.95. The number of rotatable bonds is 3. The van der Waals surface area contributed by atoms with Gasteiger partial charge in [0.25, 0.3) is 0 Å². The molecule has 1 aromatic heterocycles. The van der Waals surface area contributed by atoms with E-state index in [0.717, 1.165) is 6.42 Å². The van der Waals surface area contributed by atoms with Crippen molar-refractivity contribution in [3.05, 3.63) is 34.7 Å². The van der Waals surface area contributed by atoms with E-state index in [4.69, 9.17) is 25.6 Å². The standard InChI is InChI=1S/C16H18ClN3O4/c1-10-6-11(19-24-10)9-20(2)16(21)18-13-8-15-14(7-12(13)17)22-4-3-5-23-15/h6-8H,3-5,9H2,1-2H3,(H,18,21). The zero-order chi connectivity index (χ0) is 17.1. The first kappa shape index (κ1) is 16.4. The number of ether oxygens (including phenoxy) is 2. The molecule has 1 aliphatic rings. The minimum Gasteiger partial charge on any atom is -0.490 e. The Hall–Kier alpha value is -2.41. The zero-order valence-corrected chi connectivity index (χ0v) is 14.2. The largest absolute Gasteiger partial charge is 0.490 e. The van der Waals surface area contributed by atoms with Gasteiger partial charge in [-0.15, -0.1) is 0 Å². The molecule has 2 heterocycles. The maximum atomic E-state index is 12.3. The van der Waals surface area contributed by atoms with Gasteiger partial charge in [0.15, 0.2) is 11.5 Å². The fourth-order valence-electron chi connectivity index (χ4n) is 2.30. The van der Waals surface area contributed by atoms with Gasteiger partial charge < -0.3 is 24.2 Å². The molecular weight excluding hydrogens is 334 g/mol. The Labute approximate surface area is 144 Å². The summed E-state index contributed by atoms with van der Waals surface area (Å²) in [5.41, 5.74) is 1.14. The van der Waals surface area contributed by atoms with Gasteiger partial charge in [0.2, 0.25) is 0 Å². The van der Waals surface area contributed by atoms with E-state index in [1.165, 1.54) is 4.90 Å². The second kappa shape index (κ2) is 7.00. The lowest BCUT2D eigenvalue weighted by Gasteiger charge is -2.18. The number of benzene rings is 1. The number of aromatic nitrogens is 1. The van der Waals surface area contributed by atoms with Crippen molar-refractivity contribution in [2.45, 2.75) is 19.9 Å². The summed E-state index contributed by atoms with van der Waals surface area (Å²) >= 11 is 6.23. The molecule has 0 atom stereocenters. The Kier molecular flexibility index (Phi) is 4.80. The average Bonchev–Trinajstić information content (AvgIpc) is 2.81. The smallest absolute Gasteiger partial charge is 0.321 e. The summed E-state index contributed by atoms with van der Waals surface area (Å²) in [5, 5.41) is 7.03. The summed E-state index contributed by atoms with van der Waals surface area (Å²) in [6.07, 6.45) is 0.799. The van der Waals surface area contributed by atoms with Crippen molar-refractivity contribution in [1.82, 2.24) is 10.1 Å². The summed E-state index contributed by atoms with van der Waals surface area (Å²) in [6, 6.07) is 4.80. The average molecular weight is 352 g/mol. The fourth-order valence-corrected chi connectivity index (χ4v) is 2.50. The van der Waals surface area contributed by atoms with E-state index in [-0.39, 0.29) is 6.03 Å². The van der Waals surface area contributed by atoms with E-state index >= 15 is 0 Å². The third kappa shape index (κ3) is 3.73. The monoisotopic (exact) mass is 351 g/mol. The molecule has 1 aromatic carbocycles. The van der Waals surface area contributed by atoms with E-state index in [1.807, 2.05) is 0 Å². The van der Waals surface area contributed by atoms with Crippen LogP contribution in [0.3, 0.4) is 0 Å². The van der Waals surface area contributed by atoms with Gasteiger partial charge in [-0.25, -0.2) is 4.79 Å². The minimum absolute atomic E-state index is 0.313. The van der Waals surface area contributed by atoms with E-state index in [1.54, 1.807) is 32.2 Å². The third-order valence-corrected chi connectivity index (χ3v) is 3.81. The first-order chi connectivity index (χ1) is 11.5. The Balaban J connectivity index is 1.70. The van der Waals surface area contributed by atoms with Gasteiger partial charge in [0, 0.05) is 31.7 Å². The van der Waals surface area contributed by atoms with Crippen LogP contribution in [0.2, 0.25) is 5.02 Å². The number of hydrogen-bond donors (Lipinski definition) is 1. The highest BCUT2D eigenvalue weighted by molar-refractivity contribution is 6.34. The quantitative estimate of drug-likeness (QED) is 0.916. The van der Waals surface area contributed by atoms with Crippen LogP contribution in [0.1, 0.15) is 17.9 Å². The van der Waals surface area contributed by atoms with Crippen LogP contribution in [0, 0.1) is 6.92 Å². The highest BCUT2D eigenvalue weighted by Crippen LogP contribution is 2.37. The van der Waals surface area contributed by atoms with Crippen LogP contribution in [-0.4, -0.2) is 36.3 Å². The molecule has 0 fully saturated rings. The molecule has 0 radical (unpaired) electrons. The molecular formula is C16H18ClN3O4. The normalized spacial score (nSPS) is 13.3. The summed E-state index contributed by atoms with van der Waals surface area (Å²) in [4.78, 5) is 13.8. The van der Waals surface area contributed by atoms with E-state index in [9.17, 15) is 4.79 Å². The number of carbonyl (C=O) groups excluding carboxylic acids is 1. The maximum absolute atomic E-state index is 12.3. The SMILES string of the molecule is Cc1cc(CN(C)C(=O)Nc2cc3c(cc2Cl)OCCCO3)no1. The molecule has 0 spiro atoms. The molecule has 8 heteroatoms. The predicted octanol–water partition coefficient (Wildman–Crippen LogP) is 3.46. The number of anilines is 1. The van der Waals surface area contributed by atoms with Crippen LogP contribution in [0.15, 0.2) is 22.7 Å². The summed E-state index contributed by atoms with van der Waals surface area (Å²) in [5.74, 6) is 1.86. The Bertz CT molecular complexity index is 747. The van der Waals surface area contributed by atoms with Gasteiger partial charge in [-0.1, -0.05) is 16.8 Å². The van der Waals surface area contributed by atoms with Crippen LogP contribution in [-0.2, 0) is 6.54 Å². The van der Waals surface area contributed by atoms with Crippen LogP contribution >= 0.6 is 11.6 Å². The molecule has 24 heavy (non-hydrogen) atoms. The Morgan fingerprint density at radius 3 is 2.67 bits per heavy atom. The van der Waals surface area contributed by atoms with Gasteiger partial charge in [0.1, 0.15) is 11.5 Å². The van der Waals surface area contributed by atoms with Crippen molar-refractivity contribution in [3.63, 3.8) is 0 Å². The van der Waals surface area contributed by atoms with Gasteiger partial charge in [-0.2, -0.15) is 0 Å². The third-order valence-electron chi connectivity index (χ3n) is 3.50. The van der Waals surface area contributed by atoms with Gasteiger partial charge >= 0.3 is 6.03 Å². The molecule has 3 rings (SSSR count). The molecule has 2 amide bonds. The lowest BCUT2D eigenvalue weighted by molar-refractivity contribution is 0.219.